The highest BCUT2D eigenvalue weighted by Gasteiger charge is 2.35. The summed E-state index contributed by atoms with van der Waals surface area (Å²) in [6, 6.07) is 16.5. The van der Waals surface area contributed by atoms with Crippen LogP contribution in [0.1, 0.15) is 18.1 Å². The largest absolute Gasteiger partial charge is 0.466 e. The van der Waals surface area contributed by atoms with Gasteiger partial charge in [0, 0.05) is 6.92 Å². The highest BCUT2D eigenvalue weighted by atomic mass is 35.6. The van der Waals surface area contributed by atoms with Gasteiger partial charge in [0.15, 0.2) is 0 Å². The second kappa shape index (κ2) is 10.2. The third-order valence-electron chi connectivity index (χ3n) is 4.12. The molecule has 0 spiro atoms. The number of thioether (sulfide) groups is 1. The van der Waals surface area contributed by atoms with Gasteiger partial charge in [0.2, 0.25) is 15.9 Å². The van der Waals surface area contributed by atoms with Crippen molar-refractivity contribution in [2.24, 2.45) is 0 Å². The van der Waals surface area contributed by atoms with Crippen LogP contribution < -0.4 is 10.1 Å². The van der Waals surface area contributed by atoms with Crippen molar-refractivity contribution >= 4 is 81.0 Å². The number of hydrogen-bond acceptors (Lipinski definition) is 5. The van der Waals surface area contributed by atoms with Crippen molar-refractivity contribution in [3.05, 3.63) is 70.6 Å². The van der Waals surface area contributed by atoms with Crippen molar-refractivity contribution in [2.45, 2.75) is 23.5 Å². The highest BCUT2D eigenvalue weighted by Crippen LogP contribution is 2.34. The van der Waals surface area contributed by atoms with E-state index in [1.807, 2.05) is 30.3 Å². The van der Waals surface area contributed by atoms with Gasteiger partial charge in [0.05, 0.1) is 11.4 Å². The molecule has 1 aliphatic heterocycles. The highest BCUT2D eigenvalue weighted by molar-refractivity contribution is 8.26. The number of halogens is 3. The first-order valence-electron chi connectivity index (χ1n) is 9.03. The summed E-state index contributed by atoms with van der Waals surface area (Å²) in [5, 5.41) is 2.44. The Kier molecular flexibility index (Phi) is 7.88. The molecule has 31 heavy (non-hydrogen) atoms. The lowest BCUT2D eigenvalue weighted by Gasteiger charge is -2.25. The van der Waals surface area contributed by atoms with Crippen molar-refractivity contribution in [1.82, 2.24) is 10.2 Å². The first kappa shape index (κ1) is 23.9. The Bertz CT molecular complexity index is 1010. The van der Waals surface area contributed by atoms with E-state index in [2.05, 4.69) is 5.32 Å². The first-order valence-corrected chi connectivity index (χ1v) is 11.4. The van der Waals surface area contributed by atoms with Crippen LogP contribution in [0.3, 0.4) is 0 Å². The molecule has 0 radical (unpaired) electrons. The molecule has 0 aliphatic carbocycles. The third kappa shape index (κ3) is 6.60. The molecule has 162 valence electrons. The monoisotopic (exact) mass is 514 g/mol. The van der Waals surface area contributed by atoms with Crippen LogP contribution in [0.25, 0.3) is 6.08 Å². The van der Waals surface area contributed by atoms with Crippen molar-refractivity contribution in [3.8, 4) is 5.75 Å². The summed E-state index contributed by atoms with van der Waals surface area (Å²) in [5.74, 6) is -0.148. The Hall–Kier alpha value is -1.77. The molecular weight excluding hydrogens is 499 g/mol. The summed E-state index contributed by atoms with van der Waals surface area (Å²) in [6.45, 7) is 1.72. The molecule has 0 saturated carbocycles. The van der Waals surface area contributed by atoms with E-state index in [-0.39, 0.29) is 5.91 Å². The van der Waals surface area contributed by atoms with Crippen molar-refractivity contribution in [2.75, 3.05) is 0 Å². The summed E-state index contributed by atoms with van der Waals surface area (Å²) in [5.41, 5.74) is 1.78. The molecule has 1 aliphatic rings. The van der Waals surface area contributed by atoms with Gasteiger partial charge in [-0.15, -0.1) is 0 Å². The van der Waals surface area contributed by atoms with Crippen molar-refractivity contribution in [3.63, 3.8) is 0 Å². The zero-order valence-corrected chi connectivity index (χ0v) is 20.1. The number of carbonyl (C=O) groups excluding carboxylic acids is 2. The Labute approximate surface area is 204 Å². The van der Waals surface area contributed by atoms with Gasteiger partial charge in [-0.2, -0.15) is 0 Å². The van der Waals surface area contributed by atoms with E-state index in [4.69, 9.17) is 51.8 Å². The number of thiocarbonyl (C=S) groups is 1. The SMILES string of the molecule is CC(=O)N[C@@H](Oc1ccc(/C=C2/SC(=S)N(Cc3ccccc3)C2=O)cc1)C(Cl)(Cl)Cl. The fourth-order valence-electron chi connectivity index (χ4n) is 2.70. The maximum Gasteiger partial charge on any atom is 0.266 e. The number of rotatable bonds is 6. The minimum absolute atomic E-state index is 0.138. The molecule has 0 aromatic heterocycles. The predicted octanol–water partition coefficient (Wildman–Crippen LogP) is 5.30. The molecule has 0 unspecified atom stereocenters. The van der Waals surface area contributed by atoms with Crippen LogP contribution in [-0.4, -0.2) is 31.1 Å². The molecule has 1 atom stereocenters. The Morgan fingerprint density at radius 3 is 2.42 bits per heavy atom. The normalized spacial score (nSPS) is 16.5. The lowest BCUT2D eigenvalue weighted by atomic mass is 10.2. The Balaban J connectivity index is 1.70. The van der Waals surface area contributed by atoms with E-state index in [0.717, 1.165) is 11.1 Å². The average molecular weight is 516 g/mol. The van der Waals surface area contributed by atoms with Gasteiger partial charge in [0.1, 0.15) is 10.1 Å². The van der Waals surface area contributed by atoms with Gasteiger partial charge in [0.25, 0.3) is 5.91 Å². The molecule has 0 bridgehead atoms. The summed E-state index contributed by atoms with van der Waals surface area (Å²) in [4.78, 5) is 26.2. The third-order valence-corrected chi connectivity index (χ3v) is 6.09. The fraction of sp³-hybridized carbons (Fsp3) is 0.190. The van der Waals surface area contributed by atoms with Crippen molar-refractivity contribution < 1.29 is 14.3 Å². The molecule has 1 heterocycles. The maximum absolute atomic E-state index is 12.8. The van der Waals surface area contributed by atoms with Crippen LogP contribution in [0, 0.1) is 0 Å². The van der Waals surface area contributed by atoms with Crippen LogP contribution in [0.15, 0.2) is 59.5 Å². The topological polar surface area (TPSA) is 58.6 Å². The Morgan fingerprint density at radius 1 is 1.19 bits per heavy atom. The molecule has 5 nitrogen and oxygen atoms in total. The van der Waals surface area contributed by atoms with E-state index >= 15 is 0 Å². The van der Waals surface area contributed by atoms with Crippen LogP contribution in [0.5, 0.6) is 5.75 Å². The van der Waals surface area contributed by atoms with E-state index in [0.29, 0.717) is 21.5 Å². The zero-order valence-electron chi connectivity index (χ0n) is 16.2. The quantitative estimate of drug-likeness (QED) is 0.245. The van der Waals surface area contributed by atoms with Crippen LogP contribution in [-0.2, 0) is 16.1 Å². The zero-order chi connectivity index (χ0) is 22.6. The fourth-order valence-corrected chi connectivity index (χ4v) is 4.25. The van der Waals surface area contributed by atoms with Gasteiger partial charge in [-0.1, -0.05) is 101 Å². The second-order valence-electron chi connectivity index (χ2n) is 6.56. The molecular formula is C21H17Cl3N2O3S2. The molecule has 1 N–H and O–H groups in total. The average Bonchev–Trinajstić information content (AvgIpc) is 2.96. The predicted molar refractivity (Wildman–Crippen MR) is 130 cm³/mol. The van der Waals surface area contributed by atoms with Gasteiger partial charge in [-0.05, 0) is 29.3 Å². The van der Waals surface area contributed by atoms with Gasteiger partial charge in [-0.25, -0.2) is 0 Å². The lowest BCUT2D eigenvalue weighted by molar-refractivity contribution is -0.123. The standard InChI is InChI=1S/C21H17Cl3N2O3S2/c1-13(27)25-19(21(22,23)24)29-16-9-7-14(8-10-16)11-17-18(28)26(20(30)31-17)12-15-5-3-2-4-6-15/h2-11,19H,12H2,1H3,(H,25,27)/b17-11+/t19-/m0/s1. The number of carbonyl (C=O) groups is 2. The van der Waals surface area contributed by atoms with Crippen LogP contribution >= 0.6 is 58.8 Å². The molecule has 2 aromatic rings. The number of benzene rings is 2. The number of nitrogens with zero attached hydrogens (tertiary/aromatic N) is 1. The van der Waals surface area contributed by atoms with Gasteiger partial charge in [-0.3, -0.25) is 14.5 Å². The summed E-state index contributed by atoms with van der Waals surface area (Å²) in [7, 11) is 0. The lowest BCUT2D eigenvalue weighted by Crippen LogP contribution is -2.47. The van der Waals surface area contributed by atoms with E-state index in [1.54, 1.807) is 35.2 Å². The number of ether oxygens (including phenoxy) is 1. The molecule has 2 aromatic carbocycles. The number of nitrogens with one attached hydrogen (secondary N) is 1. The smallest absolute Gasteiger partial charge is 0.266 e. The molecule has 1 fully saturated rings. The Morgan fingerprint density at radius 2 is 1.84 bits per heavy atom. The maximum atomic E-state index is 12.8. The minimum Gasteiger partial charge on any atom is -0.466 e. The summed E-state index contributed by atoms with van der Waals surface area (Å²) in [6.07, 6.45) is 0.601. The number of amides is 2. The minimum atomic E-state index is -1.85. The van der Waals surface area contributed by atoms with Crippen molar-refractivity contribution in [1.29, 1.82) is 0 Å². The molecule has 3 rings (SSSR count). The van der Waals surface area contributed by atoms with E-state index in [1.165, 1.54) is 18.7 Å². The van der Waals surface area contributed by atoms with Gasteiger partial charge >= 0.3 is 0 Å². The number of hydrogen-bond donors (Lipinski definition) is 1. The summed E-state index contributed by atoms with van der Waals surface area (Å²) >= 11 is 24.2. The second-order valence-corrected chi connectivity index (χ2v) is 10.6. The van der Waals surface area contributed by atoms with Gasteiger partial charge < -0.3 is 10.1 Å². The molecule has 1 saturated heterocycles. The first-order chi connectivity index (χ1) is 14.6. The van der Waals surface area contributed by atoms with E-state index < -0.39 is 15.9 Å². The molecule has 10 heteroatoms. The number of alkyl halides is 3. The molecule has 2 amide bonds. The summed E-state index contributed by atoms with van der Waals surface area (Å²) < 4.78 is 4.25. The van der Waals surface area contributed by atoms with E-state index in [9.17, 15) is 9.59 Å². The van der Waals surface area contributed by atoms with Crippen LogP contribution in [0.4, 0.5) is 0 Å². The van der Waals surface area contributed by atoms with Crippen LogP contribution in [0.2, 0.25) is 0 Å².